The van der Waals surface area contributed by atoms with Crippen molar-refractivity contribution in [1.82, 2.24) is 14.6 Å². The lowest BCUT2D eigenvalue weighted by Crippen LogP contribution is -2.46. The van der Waals surface area contributed by atoms with E-state index in [1.54, 1.807) is 37.3 Å². The molecule has 0 amide bonds. The van der Waals surface area contributed by atoms with E-state index in [1.807, 2.05) is 6.92 Å². The first-order chi connectivity index (χ1) is 19.5. The van der Waals surface area contributed by atoms with E-state index in [4.69, 9.17) is 28.0 Å². The molecule has 6 atom stereocenters. The van der Waals surface area contributed by atoms with Gasteiger partial charge in [0.05, 0.1) is 25.9 Å². The van der Waals surface area contributed by atoms with E-state index in [1.165, 1.54) is 0 Å². The van der Waals surface area contributed by atoms with E-state index < -0.39 is 68.0 Å². The number of esters is 1. The van der Waals surface area contributed by atoms with Gasteiger partial charge in [-0.15, -0.1) is 0 Å². The maximum Gasteiger partial charge on any atom is 0.459 e. The van der Waals surface area contributed by atoms with E-state index >= 15 is 4.39 Å². The summed E-state index contributed by atoms with van der Waals surface area (Å²) in [4.78, 5) is 38.7. The Morgan fingerprint density at radius 3 is 2.61 bits per heavy atom. The number of ether oxygens (including phenoxy) is 4. The number of carbonyl (C=O) groups excluding carboxylic acids is 1. The Hall–Kier alpha value is -2.87. The number of unbranched alkanes of at least 4 members (excludes halogenated alkanes) is 1. The summed E-state index contributed by atoms with van der Waals surface area (Å²) < 4.78 is 65.0. The molecule has 4 rings (SSSR count). The number of hydrogen-bond acceptors (Lipinski definition) is 10. The molecule has 13 nitrogen and oxygen atoms in total. The van der Waals surface area contributed by atoms with Crippen molar-refractivity contribution < 1.29 is 41.7 Å². The minimum absolute atomic E-state index is 0.0377. The van der Waals surface area contributed by atoms with E-state index in [-0.39, 0.29) is 12.2 Å². The lowest BCUT2D eigenvalue weighted by molar-refractivity contribution is -0.158. The number of benzene rings is 1. The van der Waals surface area contributed by atoms with E-state index in [2.05, 4.69) is 10.1 Å². The number of nitrogens with zero attached hydrogens (tertiary/aromatic N) is 1. The van der Waals surface area contributed by atoms with Gasteiger partial charge in [-0.25, -0.2) is 18.8 Å². The first kappa shape index (κ1) is 31.1. The Morgan fingerprint density at radius 1 is 1.24 bits per heavy atom. The highest BCUT2D eigenvalue weighted by Crippen LogP contribution is 2.48. The lowest BCUT2D eigenvalue weighted by Gasteiger charge is -2.29. The number of aromatic nitrogens is 2. The van der Waals surface area contributed by atoms with Gasteiger partial charge in [-0.2, -0.15) is 0 Å². The summed E-state index contributed by atoms with van der Waals surface area (Å²) in [5.41, 5.74) is -4.05. The van der Waals surface area contributed by atoms with Crippen LogP contribution in [-0.2, 0) is 32.8 Å². The summed E-state index contributed by atoms with van der Waals surface area (Å²) in [5.74, 6) is -0.443. The van der Waals surface area contributed by atoms with Crippen LogP contribution in [0.5, 0.6) is 5.75 Å². The minimum Gasteiger partial charge on any atom is -0.456 e. The number of hydrogen-bond donors (Lipinski definition) is 2. The molecular weight excluding hydrogens is 564 g/mol. The fourth-order valence-corrected chi connectivity index (χ4v) is 6.06. The van der Waals surface area contributed by atoms with Gasteiger partial charge in [-0.3, -0.25) is 23.7 Å². The molecule has 41 heavy (non-hydrogen) atoms. The van der Waals surface area contributed by atoms with Crippen molar-refractivity contribution in [3.63, 3.8) is 0 Å². The highest BCUT2D eigenvalue weighted by Gasteiger charge is 2.58. The molecule has 15 heteroatoms. The van der Waals surface area contributed by atoms with Crippen LogP contribution in [0.4, 0.5) is 4.39 Å². The molecule has 2 aliphatic rings. The van der Waals surface area contributed by atoms with Gasteiger partial charge in [-0.05, 0) is 32.4 Å². The molecule has 1 unspecified atom stereocenters. The third-order valence-corrected chi connectivity index (χ3v) is 8.24. The van der Waals surface area contributed by atoms with Crippen LogP contribution in [0.2, 0.25) is 0 Å². The third kappa shape index (κ3) is 7.70. The van der Waals surface area contributed by atoms with Gasteiger partial charge >= 0.3 is 19.4 Å². The average Bonchev–Trinajstić information content (AvgIpc) is 3.55. The maximum atomic E-state index is 16.4. The van der Waals surface area contributed by atoms with Crippen molar-refractivity contribution in [3.05, 3.63) is 63.4 Å². The van der Waals surface area contributed by atoms with Crippen LogP contribution >= 0.6 is 7.75 Å². The minimum atomic E-state index is -4.20. The number of para-hydroxylation sites is 1. The quantitative estimate of drug-likeness (QED) is 0.258. The molecule has 1 aromatic heterocycles. The van der Waals surface area contributed by atoms with Crippen LogP contribution in [0.15, 0.2) is 52.2 Å². The molecule has 3 heterocycles. The molecule has 0 radical (unpaired) electrons. The van der Waals surface area contributed by atoms with Crippen LogP contribution < -0.4 is 20.9 Å². The molecular formula is C26H35FN3O10P. The topological polar surface area (TPSA) is 156 Å². The second kappa shape index (κ2) is 13.4. The molecule has 2 aliphatic heterocycles. The van der Waals surface area contributed by atoms with Crippen molar-refractivity contribution in [3.8, 4) is 5.75 Å². The second-order valence-electron chi connectivity index (χ2n) is 9.93. The average molecular weight is 600 g/mol. The Balaban J connectivity index is 1.59. The van der Waals surface area contributed by atoms with Crippen molar-refractivity contribution in [2.45, 2.75) is 76.5 Å². The fourth-order valence-electron chi connectivity index (χ4n) is 4.52. The summed E-state index contributed by atoms with van der Waals surface area (Å²) in [6.07, 6.45) is -2.84. The van der Waals surface area contributed by atoms with Crippen molar-refractivity contribution in [1.29, 1.82) is 0 Å². The summed E-state index contributed by atoms with van der Waals surface area (Å²) in [6.45, 7) is 4.84. The van der Waals surface area contributed by atoms with Gasteiger partial charge in [0.2, 0.25) is 0 Å². The van der Waals surface area contributed by atoms with Crippen molar-refractivity contribution >= 4 is 13.7 Å². The van der Waals surface area contributed by atoms with Crippen molar-refractivity contribution in [2.24, 2.45) is 0 Å². The van der Waals surface area contributed by atoms with Gasteiger partial charge in [0.1, 0.15) is 11.9 Å². The van der Waals surface area contributed by atoms with Crippen LogP contribution in [0.3, 0.4) is 0 Å². The Bertz CT molecular complexity index is 1330. The van der Waals surface area contributed by atoms with Gasteiger partial charge in [-0.1, -0.05) is 31.5 Å². The van der Waals surface area contributed by atoms with Crippen LogP contribution in [-0.4, -0.2) is 65.5 Å². The summed E-state index contributed by atoms with van der Waals surface area (Å²) in [7, 11) is -4.20. The monoisotopic (exact) mass is 599 g/mol. The molecule has 0 saturated carbocycles. The second-order valence-corrected chi connectivity index (χ2v) is 11.6. The zero-order valence-electron chi connectivity index (χ0n) is 23.0. The molecule has 0 aliphatic carbocycles. The molecule has 2 aromatic rings. The highest BCUT2D eigenvalue weighted by atomic mass is 31.2. The zero-order chi connectivity index (χ0) is 29.6. The van der Waals surface area contributed by atoms with Gasteiger partial charge in [0, 0.05) is 18.7 Å². The Kier molecular flexibility index (Phi) is 10.2. The van der Waals surface area contributed by atoms with Crippen LogP contribution in [0.25, 0.3) is 0 Å². The largest absolute Gasteiger partial charge is 0.459 e. The molecule has 0 spiro atoms. The molecule has 2 fully saturated rings. The predicted molar refractivity (Wildman–Crippen MR) is 143 cm³/mol. The van der Waals surface area contributed by atoms with E-state index in [9.17, 15) is 18.9 Å². The van der Waals surface area contributed by atoms with Gasteiger partial charge < -0.3 is 23.5 Å². The van der Waals surface area contributed by atoms with Crippen molar-refractivity contribution in [2.75, 3.05) is 19.8 Å². The van der Waals surface area contributed by atoms with Gasteiger partial charge in [0.25, 0.3) is 5.56 Å². The Labute approximate surface area is 235 Å². The molecule has 226 valence electrons. The lowest BCUT2D eigenvalue weighted by atomic mass is 9.98. The number of aromatic amines is 1. The normalized spacial score (nSPS) is 26.9. The highest BCUT2D eigenvalue weighted by molar-refractivity contribution is 7.52. The number of H-pyrrole nitrogens is 1. The smallest absolute Gasteiger partial charge is 0.456 e. The number of carbonyl (C=O) groups is 1. The number of nitrogens with one attached hydrogen (secondary N) is 2. The van der Waals surface area contributed by atoms with E-state index in [0.29, 0.717) is 26.1 Å². The summed E-state index contributed by atoms with van der Waals surface area (Å²) >= 11 is 0. The first-order valence-electron chi connectivity index (χ1n) is 13.4. The molecule has 2 N–H and O–H groups in total. The van der Waals surface area contributed by atoms with Crippen LogP contribution in [0.1, 0.15) is 46.3 Å². The fraction of sp³-hybridized carbons (Fsp3) is 0.577. The zero-order valence-corrected chi connectivity index (χ0v) is 23.9. The number of rotatable bonds is 13. The first-order valence-corrected chi connectivity index (χ1v) is 14.9. The standard InChI is InChI=1S/C26H35FN3O10P/c1-4-5-11-21(32)39-22-19(38-24(26(22,3)27)30-13-12-20(31)28-25(30)33)16-37-41(34,40-18-9-7-6-8-10-18)29-17(2)23-35-14-15-36-23/h6-10,12-13,17,19,22-24H,4-5,11,14-16H2,1-3H3,(H,29,34)(H,28,31,33)/t17-,19+,22+,24+,26+,41?/m0/s1. The summed E-state index contributed by atoms with van der Waals surface area (Å²) in [5, 5.41) is 2.78. The Morgan fingerprint density at radius 2 is 1.95 bits per heavy atom. The van der Waals surface area contributed by atoms with E-state index in [0.717, 1.165) is 23.8 Å². The predicted octanol–water partition coefficient (Wildman–Crippen LogP) is 2.82. The number of alkyl halides is 1. The number of halogens is 1. The summed E-state index contributed by atoms with van der Waals surface area (Å²) in [6, 6.07) is 8.66. The molecule has 2 saturated heterocycles. The maximum absolute atomic E-state index is 16.4. The molecule has 1 aromatic carbocycles. The SMILES string of the molecule is CCCCC(=O)O[C@@H]1[C@@H](COP(=O)(N[C@@H](C)C2OCCO2)Oc2ccccc2)O[C@@H](n2ccc(=O)[nH]c2=O)[C@]1(C)F. The van der Waals surface area contributed by atoms with Crippen LogP contribution in [0, 0.1) is 0 Å². The molecule has 0 bridgehead atoms. The van der Waals surface area contributed by atoms with Gasteiger partial charge in [0.15, 0.2) is 24.3 Å². The third-order valence-electron chi connectivity index (χ3n) is 6.57.